The third kappa shape index (κ3) is 1.87. The zero-order valence-electron chi connectivity index (χ0n) is 7.77. The van der Waals surface area contributed by atoms with Gasteiger partial charge in [-0.1, -0.05) is 6.08 Å². The first-order chi connectivity index (χ1) is 6.56. The number of pyridine rings is 1. The second-order valence-electron chi connectivity index (χ2n) is 2.88. The van der Waals surface area contributed by atoms with Crippen molar-refractivity contribution < 1.29 is 4.92 Å². The molecule has 0 radical (unpaired) electrons. The van der Waals surface area contributed by atoms with Crippen molar-refractivity contribution in [3.8, 4) is 0 Å². The summed E-state index contributed by atoms with van der Waals surface area (Å²) in [6.45, 7) is 5.30. The minimum Gasteiger partial charge on any atom is -0.305 e. The molecule has 0 saturated carbocycles. The Bertz CT molecular complexity index is 434. The molecule has 0 spiro atoms. The van der Waals surface area contributed by atoms with Crippen LogP contribution in [0.4, 0.5) is 5.69 Å². The van der Waals surface area contributed by atoms with Crippen molar-refractivity contribution in [1.82, 2.24) is 4.57 Å². The Morgan fingerprint density at radius 2 is 2.36 bits per heavy atom. The molecule has 0 bridgehead atoms. The van der Waals surface area contributed by atoms with Gasteiger partial charge in [-0.3, -0.25) is 14.9 Å². The number of aryl methyl sites for hydroxylation is 1. The van der Waals surface area contributed by atoms with Crippen molar-refractivity contribution in [3.05, 3.63) is 50.9 Å². The highest BCUT2D eigenvalue weighted by atomic mass is 16.6. The van der Waals surface area contributed by atoms with Gasteiger partial charge in [-0.2, -0.15) is 0 Å². The fourth-order valence-electron chi connectivity index (χ4n) is 1.14. The highest BCUT2D eigenvalue weighted by Gasteiger charge is 2.09. The molecule has 1 heterocycles. The van der Waals surface area contributed by atoms with E-state index in [0.717, 1.165) is 0 Å². The first-order valence-electron chi connectivity index (χ1n) is 4.02. The van der Waals surface area contributed by atoms with Crippen LogP contribution >= 0.6 is 0 Å². The lowest BCUT2D eigenvalue weighted by Crippen LogP contribution is -2.21. The molecule has 5 nitrogen and oxygen atoms in total. The van der Waals surface area contributed by atoms with E-state index in [4.69, 9.17) is 0 Å². The number of nitrogens with zero attached hydrogens (tertiary/aromatic N) is 2. The van der Waals surface area contributed by atoms with Gasteiger partial charge < -0.3 is 4.57 Å². The quantitative estimate of drug-likeness (QED) is 0.413. The lowest BCUT2D eigenvalue weighted by Gasteiger charge is -2.02. The molecule has 1 aromatic heterocycles. The van der Waals surface area contributed by atoms with Crippen LogP contribution in [0.2, 0.25) is 0 Å². The van der Waals surface area contributed by atoms with Gasteiger partial charge in [0.1, 0.15) is 0 Å². The monoisotopic (exact) mass is 194 g/mol. The van der Waals surface area contributed by atoms with E-state index in [9.17, 15) is 14.9 Å². The Morgan fingerprint density at radius 1 is 1.71 bits per heavy atom. The maximum Gasteiger partial charge on any atom is 0.286 e. The predicted octanol–water partition coefficient (Wildman–Crippen LogP) is 1.25. The second-order valence-corrected chi connectivity index (χ2v) is 2.88. The van der Waals surface area contributed by atoms with Crippen LogP contribution in [-0.2, 0) is 6.54 Å². The number of rotatable bonds is 3. The number of aromatic nitrogens is 1. The van der Waals surface area contributed by atoms with Gasteiger partial charge in [-0.25, -0.2) is 0 Å². The Morgan fingerprint density at radius 3 is 2.86 bits per heavy atom. The molecule has 0 unspecified atom stereocenters. The Hall–Kier alpha value is -1.91. The van der Waals surface area contributed by atoms with Crippen LogP contribution in [0.15, 0.2) is 29.7 Å². The van der Waals surface area contributed by atoms with Gasteiger partial charge in [0.15, 0.2) is 0 Å². The van der Waals surface area contributed by atoms with Crippen molar-refractivity contribution in [1.29, 1.82) is 0 Å². The molecule has 0 atom stereocenters. The number of allylic oxidation sites excluding steroid dienone is 1. The molecule has 0 N–H and O–H groups in total. The molecule has 0 amide bonds. The largest absolute Gasteiger partial charge is 0.305 e. The van der Waals surface area contributed by atoms with E-state index >= 15 is 0 Å². The van der Waals surface area contributed by atoms with E-state index in [0.29, 0.717) is 5.56 Å². The summed E-state index contributed by atoms with van der Waals surface area (Å²) in [5, 5.41) is 10.5. The van der Waals surface area contributed by atoms with E-state index in [1.807, 2.05) is 0 Å². The molecule has 0 saturated heterocycles. The van der Waals surface area contributed by atoms with E-state index in [1.165, 1.54) is 22.9 Å². The molecule has 1 rings (SSSR count). The van der Waals surface area contributed by atoms with Crippen LogP contribution < -0.4 is 5.56 Å². The smallest absolute Gasteiger partial charge is 0.286 e. The summed E-state index contributed by atoms with van der Waals surface area (Å²) < 4.78 is 1.26. The fraction of sp³-hybridized carbons (Fsp3) is 0.222. The van der Waals surface area contributed by atoms with Gasteiger partial charge in [-0.05, 0) is 6.92 Å². The molecule has 5 heteroatoms. The zero-order valence-corrected chi connectivity index (χ0v) is 7.77. The highest BCUT2D eigenvalue weighted by molar-refractivity contribution is 5.30. The summed E-state index contributed by atoms with van der Waals surface area (Å²) in [7, 11) is 0. The lowest BCUT2D eigenvalue weighted by atomic mass is 10.3. The summed E-state index contributed by atoms with van der Waals surface area (Å²) in [5.41, 5.74) is 0.0560. The van der Waals surface area contributed by atoms with E-state index in [2.05, 4.69) is 6.58 Å². The van der Waals surface area contributed by atoms with Gasteiger partial charge >= 0.3 is 0 Å². The van der Waals surface area contributed by atoms with E-state index in [1.54, 1.807) is 6.92 Å². The third-order valence-corrected chi connectivity index (χ3v) is 1.79. The van der Waals surface area contributed by atoms with E-state index < -0.39 is 4.92 Å². The van der Waals surface area contributed by atoms with Gasteiger partial charge in [-0.15, -0.1) is 6.58 Å². The van der Waals surface area contributed by atoms with Crippen LogP contribution in [-0.4, -0.2) is 9.49 Å². The van der Waals surface area contributed by atoms with Crippen LogP contribution in [0, 0.1) is 17.0 Å². The average Bonchev–Trinajstić information content (AvgIpc) is 2.12. The minimum absolute atomic E-state index is 0.0797. The molecular formula is C9H10N2O3. The second kappa shape index (κ2) is 3.87. The number of nitro groups is 1. The van der Waals surface area contributed by atoms with Gasteiger partial charge in [0.2, 0.25) is 0 Å². The molecule has 0 aromatic carbocycles. The standard InChI is InChI=1S/C9H10N2O3/c1-3-4-10-6-8(11(13)14)5-7(2)9(10)12/h3,5-6H,1,4H2,2H3. The topological polar surface area (TPSA) is 65.1 Å². The Balaban J connectivity index is 3.35. The zero-order chi connectivity index (χ0) is 10.7. The molecule has 0 aliphatic heterocycles. The molecule has 1 aromatic rings. The lowest BCUT2D eigenvalue weighted by molar-refractivity contribution is -0.385. The van der Waals surface area contributed by atoms with Crippen LogP contribution in [0.3, 0.4) is 0 Å². The molecule has 74 valence electrons. The maximum absolute atomic E-state index is 11.4. The molecule has 14 heavy (non-hydrogen) atoms. The first kappa shape index (κ1) is 10.2. The molecular weight excluding hydrogens is 184 g/mol. The molecule has 0 aliphatic carbocycles. The van der Waals surface area contributed by atoms with Crippen LogP contribution in [0.5, 0.6) is 0 Å². The van der Waals surface area contributed by atoms with Crippen molar-refractivity contribution in [2.24, 2.45) is 0 Å². The average molecular weight is 194 g/mol. The van der Waals surface area contributed by atoms with Crippen molar-refractivity contribution in [2.45, 2.75) is 13.5 Å². The van der Waals surface area contributed by atoms with E-state index in [-0.39, 0.29) is 17.8 Å². The van der Waals surface area contributed by atoms with Gasteiger partial charge in [0.25, 0.3) is 11.2 Å². The normalized spacial score (nSPS) is 9.79. The van der Waals surface area contributed by atoms with Crippen LogP contribution in [0.25, 0.3) is 0 Å². The molecule has 0 fully saturated rings. The Labute approximate surface area is 80.4 Å². The summed E-state index contributed by atoms with van der Waals surface area (Å²) in [4.78, 5) is 21.4. The number of hydrogen-bond acceptors (Lipinski definition) is 3. The predicted molar refractivity (Wildman–Crippen MR) is 52.3 cm³/mol. The van der Waals surface area contributed by atoms with Gasteiger partial charge in [0, 0.05) is 18.2 Å². The Kier molecular flexibility index (Phi) is 2.81. The minimum atomic E-state index is -0.522. The van der Waals surface area contributed by atoms with Gasteiger partial charge in [0.05, 0.1) is 11.1 Å². The molecule has 0 aliphatic rings. The van der Waals surface area contributed by atoms with Crippen molar-refractivity contribution in [3.63, 3.8) is 0 Å². The maximum atomic E-state index is 11.4. The highest BCUT2D eigenvalue weighted by Crippen LogP contribution is 2.09. The number of hydrogen-bond donors (Lipinski definition) is 0. The van der Waals surface area contributed by atoms with Crippen molar-refractivity contribution in [2.75, 3.05) is 0 Å². The van der Waals surface area contributed by atoms with Crippen molar-refractivity contribution >= 4 is 5.69 Å². The summed E-state index contributed by atoms with van der Waals surface area (Å²) in [6, 6.07) is 1.27. The third-order valence-electron chi connectivity index (χ3n) is 1.79. The SMILES string of the molecule is C=CCn1cc([N+](=O)[O-])cc(C)c1=O. The summed E-state index contributed by atoms with van der Waals surface area (Å²) >= 11 is 0. The summed E-state index contributed by atoms with van der Waals surface area (Å²) in [6.07, 6.45) is 2.74. The van der Waals surface area contributed by atoms with Crippen LogP contribution in [0.1, 0.15) is 5.56 Å². The first-order valence-corrected chi connectivity index (χ1v) is 4.02. The fourth-order valence-corrected chi connectivity index (χ4v) is 1.14. The summed E-state index contributed by atoms with van der Waals surface area (Å²) in [5.74, 6) is 0.